The van der Waals surface area contributed by atoms with Crippen molar-refractivity contribution in [1.29, 1.82) is 10.5 Å². The van der Waals surface area contributed by atoms with Crippen LogP contribution >= 0.6 is 0 Å². The molecule has 0 aromatic heterocycles. The van der Waals surface area contributed by atoms with Crippen molar-refractivity contribution in [2.45, 2.75) is 0 Å². The van der Waals surface area contributed by atoms with Gasteiger partial charge in [-0.3, -0.25) is 10.6 Å². The zero-order valence-electron chi connectivity index (χ0n) is 11.5. The van der Waals surface area contributed by atoms with Gasteiger partial charge in [0, 0.05) is 22.5 Å². The van der Waals surface area contributed by atoms with Crippen LogP contribution in [-0.4, -0.2) is 0 Å². The number of benzene rings is 2. The first-order valence-electron chi connectivity index (χ1n) is 6.34. The molecule has 0 spiro atoms. The average molecular weight is 282 g/mol. The Hall–Kier alpha value is -3.86. The van der Waals surface area contributed by atoms with Gasteiger partial charge in [0.25, 0.3) is 0 Å². The third-order valence-corrected chi connectivity index (χ3v) is 2.65. The number of nitriles is 2. The van der Waals surface area contributed by atoms with E-state index in [9.17, 15) is 0 Å². The molecule has 0 amide bonds. The fourth-order valence-electron chi connectivity index (χ4n) is 1.61. The van der Waals surface area contributed by atoms with Gasteiger partial charge in [-0.25, -0.2) is 0 Å². The molecule has 22 heavy (non-hydrogen) atoms. The van der Waals surface area contributed by atoms with Crippen LogP contribution in [0.25, 0.3) is 0 Å². The zero-order chi connectivity index (χ0) is 15.6. The second-order valence-corrected chi connectivity index (χ2v) is 4.13. The maximum absolute atomic E-state index is 8.49. The third kappa shape index (κ3) is 4.36. The molecular weight excluding hydrogens is 272 g/mol. The number of nitrogens with one attached hydrogen (secondary N) is 2. The van der Waals surface area contributed by atoms with Gasteiger partial charge in [-0.05, 0) is 60.4 Å². The lowest BCUT2D eigenvalue weighted by Gasteiger charge is -1.95. The van der Waals surface area contributed by atoms with E-state index in [0.29, 0.717) is 0 Å². The molecule has 0 radical (unpaired) electrons. The van der Waals surface area contributed by atoms with Crippen molar-refractivity contribution in [3.63, 3.8) is 0 Å². The summed E-state index contributed by atoms with van der Waals surface area (Å²) in [5.41, 5.74) is 3.10. The molecule has 0 unspecified atom stereocenters. The van der Waals surface area contributed by atoms with E-state index < -0.39 is 0 Å². The largest absolute Gasteiger partial charge is 0.293 e. The van der Waals surface area contributed by atoms with Crippen LogP contribution in [-0.2, 0) is 0 Å². The minimum absolute atomic E-state index is 0.727. The smallest absolute Gasteiger partial charge is 0.181 e. The van der Waals surface area contributed by atoms with E-state index in [2.05, 4.69) is 34.3 Å². The Bertz CT molecular complexity index is 767. The molecule has 0 aliphatic heterocycles. The highest BCUT2D eigenvalue weighted by Crippen LogP contribution is 2.08. The van der Waals surface area contributed by atoms with Crippen molar-refractivity contribution in [2.75, 3.05) is 10.6 Å². The Morgan fingerprint density at radius 3 is 1.27 bits per heavy atom. The lowest BCUT2D eigenvalue weighted by Crippen LogP contribution is -1.86. The topological polar surface area (TPSA) is 71.6 Å². The Labute approximate surface area is 129 Å². The summed E-state index contributed by atoms with van der Waals surface area (Å²) in [6.45, 7) is 0. The highest BCUT2D eigenvalue weighted by molar-refractivity contribution is 5.53. The van der Waals surface area contributed by atoms with Crippen molar-refractivity contribution in [3.8, 4) is 36.1 Å². The Kier molecular flexibility index (Phi) is 5.07. The van der Waals surface area contributed by atoms with E-state index in [-0.39, 0.29) is 0 Å². The van der Waals surface area contributed by atoms with Gasteiger partial charge in [-0.1, -0.05) is 11.8 Å². The van der Waals surface area contributed by atoms with Crippen molar-refractivity contribution >= 4 is 11.4 Å². The Balaban J connectivity index is 2.02. The van der Waals surface area contributed by atoms with E-state index in [4.69, 9.17) is 10.5 Å². The van der Waals surface area contributed by atoms with Gasteiger partial charge < -0.3 is 0 Å². The SMILES string of the molecule is N#CNc1ccc(C#CC#Cc2ccc(NC#N)cc2)cc1. The molecule has 0 aliphatic carbocycles. The molecule has 0 heterocycles. The van der Waals surface area contributed by atoms with Crippen molar-refractivity contribution in [3.05, 3.63) is 59.7 Å². The summed E-state index contributed by atoms with van der Waals surface area (Å²) in [6, 6.07) is 14.4. The molecule has 4 nitrogen and oxygen atoms in total. The van der Waals surface area contributed by atoms with Crippen molar-refractivity contribution in [2.24, 2.45) is 0 Å². The lowest BCUT2D eigenvalue weighted by molar-refractivity contribution is 1.47. The monoisotopic (exact) mass is 282 g/mol. The normalized spacial score (nSPS) is 8.09. The first-order valence-corrected chi connectivity index (χ1v) is 6.34. The molecule has 0 fully saturated rings. The summed E-state index contributed by atoms with van der Waals surface area (Å²) in [6.07, 6.45) is 3.71. The summed E-state index contributed by atoms with van der Waals surface area (Å²) >= 11 is 0. The Morgan fingerprint density at radius 2 is 0.955 bits per heavy atom. The Morgan fingerprint density at radius 1 is 0.591 bits per heavy atom. The molecule has 0 aliphatic rings. The van der Waals surface area contributed by atoms with E-state index >= 15 is 0 Å². The summed E-state index contributed by atoms with van der Waals surface area (Å²) in [5, 5.41) is 22.1. The predicted molar refractivity (Wildman–Crippen MR) is 85.1 cm³/mol. The summed E-state index contributed by atoms with van der Waals surface area (Å²) in [5.74, 6) is 11.4. The van der Waals surface area contributed by atoms with Crippen LogP contribution in [0.3, 0.4) is 0 Å². The van der Waals surface area contributed by atoms with Crippen LogP contribution in [0.2, 0.25) is 0 Å². The van der Waals surface area contributed by atoms with Crippen LogP contribution < -0.4 is 10.6 Å². The molecular formula is C18H10N4. The second kappa shape index (κ2) is 7.66. The van der Waals surface area contributed by atoms with Gasteiger partial charge >= 0.3 is 0 Å². The minimum atomic E-state index is 0.727. The molecule has 0 bridgehead atoms. The van der Waals surface area contributed by atoms with Gasteiger partial charge in [0.05, 0.1) is 0 Å². The minimum Gasteiger partial charge on any atom is -0.293 e. The molecule has 0 atom stereocenters. The van der Waals surface area contributed by atoms with E-state index in [0.717, 1.165) is 22.5 Å². The molecule has 102 valence electrons. The maximum Gasteiger partial charge on any atom is 0.181 e. The van der Waals surface area contributed by atoms with Crippen LogP contribution in [0.4, 0.5) is 11.4 Å². The summed E-state index contributed by atoms with van der Waals surface area (Å²) < 4.78 is 0. The molecule has 0 saturated heterocycles. The van der Waals surface area contributed by atoms with E-state index in [1.807, 2.05) is 36.7 Å². The van der Waals surface area contributed by atoms with Crippen molar-refractivity contribution < 1.29 is 0 Å². The van der Waals surface area contributed by atoms with Crippen LogP contribution in [0.15, 0.2) is 48.5 Å². The first kappa shape index (κ1) is 14.5. The number of anilines is 2. The maximum atomic E-state index is 8.49. The highest BCUT2D eigenvalue weighted by atomic mass is 14.9. The van der Waals surface area contributed by atoms with Gasteiger partial charge in [-0.2, -0.15) is 10.5 Å². The molecule has 2 rings (SSSR count). The number of hydrogen-bond acceptors (Lipinski definition) is 4. The second-order valence-electron chi connectivity index (χ2n) is 4.13. The van der Waals surface area contributed by atoms with Crippen LogP contribution in [0, 0.1) is 46.6 Å². The van der Waals surface area contributed by atoms with E-state index in [1.165, 1.54) is 0 Å². The number of rotatable bonds is 2. The number of nitrogens with zero attached hydrogens (tertiary/aromatic N) is 2. The van der Waals surface area contributed by atoms with Crippen LogP contribution in [0.5, 0.6) is 0 Å². The van der Waals surface area contributed by atoms with Gasteiger partial charge in [0.15, 0.2) is 12.4 Å². The summed E-state index contributed by atoms with van der Waals surface area (Å²) in [7, 11) is 0. The predicted octanol–water partition coefficient (Wildman–Crippen LogP) is 2.88. The number of hydrogen-bond donors (Lipinski definition) is 2. The molecule has 0 saturated carbocycles. The van der Waals surface area contributed by atoms with Gasteiger partial charge in [0.1, 0.15) is 0 Å². The van der Waals surface area contributed by atoms with E-state index in [1.54, 1.807) is 24.3 Å². The molecule has 2 aromatic rings. The molecule has 2 aromatic carbocycles. The molecule has 4 heteroatoms. The van der Waals surface area contributed by atoms with Crippen molar-refractivity contribution in [1.82, 2.24) is 0 Å². The lowest BCUT2D eigenvalue weighted by atomic mass is 10.2. The highest BCUT2D eigenvalue weighted by Gasteiger charge is 1.90. The standard InChI is InChI=1S/C18H10N4/c19-13-21-17-9-5-15(6-10-17)3-1-2-4-16-7-11-18(12-8-16)22-14-20/h5-12,21-22H. The third-order valence-electron chi connectivity index (χ3n) is 2.65. The average Bonchev–Trinajstić information content (AvgIpc) is 2.55. The fourth-order valence-corrected chi connectivity index (χ4v) is 1.61. The summed E-state index contributed by atoms with van der Waals surface area (Å²) in [4.78, 5) is 0. The van der Waals surface area contributed by atoms with Gasteiger partial charge in [-0.15, -0.1) is 0 Å². The van der Waals surface area contributed by atoms with Gasteiger partial charge in [0.2, 0.25) is 0 Å². The first-order chi connectivity index (χ1) is 10.8. The zero-order valence-corrected chi connectivity index (χ0v) is 11.5. The fraction of sp³-hybridized carbons (Fsp3) is 0. The quantitative estimate of drug-likeness (QED) is 0.505. The molecule has 2 N–H and O–H groups in total. The van der Waals surface area contributed by atoms with Crippen LogP contribution in [0.1, 0.15) is 11.1 Å².